The number of aromatic nitrogens is 2. The van der Waals surface area contributed by atoms with E-state index in [9.17, 15) is 8.60 Å². The second-order valence-electron chi connectivity index (χ2n) is 4.96. The molecule has 0 aliphatic carbocycles. The zero-order valence-electron chi connectivity index (χ0n) is 10.7. The molecule has 0 aromatic carbocycles. The van der Waals surface area contributed by atoms with Gasteiger partial charge in [0, 0.05) is 6.20 Å². The van der Waals surface area contributed by atoms with Gasteiger partial charge in [-0.15, -0.1) is 0 Å². The topological polar surface area (TPSA) is 46.7 Å². The summed E-state index contributed by atoms with van der Waals surface area (Å²) in [5.74, 6) is -0.414. The molecule has 0 spiro atoms. The van der Waals surface area contributed by atoms with Crippen molar-refractivity contribution in [2.24, 2.45) is 4.40 Å². The van der Waals surface area contributed by atoms with Crippen molar-refractivity contribution in [1.82, 2.24) is 9.38 Å². The van der Waals surface area contributed by atoms with Crippen LogP contribution >= 0.6 is 15.9 Å². The molecule has 0 aliphatic rings. The Morgan fingerprint density at radius 1 is 1.53 bits per heavy atom. The van der Waals surface area contributed by atoms with Gasteiger partial charge in [-0.2, -0.15) is 4.40 Å². The lowest BCUT2D eigenvalue weighted by atomic mass is 10.3. The van der Waals surface area contributed by atoms with E-state index in [1.54, 1.807) is 16.7 Å². The molecule has 2 heterocycles. The standard InChI is InChI=1S/C12H13BrFN3OS/c1-12(2,3)19(18)16-6-9-11-10(14)8(13)4-5-17(11)7-15-9/h4-7H,1-3H3. The van der Waals surface area contributed by atoms with E-state index in [-0.39, 0.29) is 0 Å². The van der Waals surface area contributed by atoms with Gasteiger partial charge in [0.25, 0.3) is 0 Å². The molecule has 0 radical (unpaired) electrons. The number of nitrogens with zero attached hydrogens (tertiary/aromatic N) is 3. The number of fused-ring (bicyclic) bond motifs is 1. The minimum Gasteiger partial charge on any atom is -0.303 e. The fourth-order valence-electron chi connectivity index (χ4n) is 1.40. The molecule has 0 amide bonds. The molecule has 0 saturated heterocycles. The molecule has 1 unspecified atom stereocenters. The summed E-state index contributed by atoms with van der Waals surface area (Å²) in [4.78, 5) is 4.07. The van der Waals surface area contributed by atoms with Gasteiger partial charge in [0.2, 0.25) is 0 Å². The van der Waals surface area contributed by atoms with Crippen LogP contribution in [0.1, 0.15) is 26.5 Å². The van der Waals surface area contributed by atoms with Crippen molar-refractivity contribution in [2.75, 3.05) is 0 Å². The molecule has 0 saturated carbocycles. The van der Waals surface area contributed by atoms with Crippen LogP contribution in [0.25, 0.3) is 5.52 Å². The number of pyridine rings is 1. The van der Waals surface area contributed by atoms with E-state index in [1.807, 2.05) is 20.8 Å². The summed E-state index contributed by atoms with van der Waals surface area (Å²) < 4.78 is 31.2. The summed E-state index contributed by atoms with van der Waals surface area (Å²) in [6, 6.07) is 1.60. The fraction of sp³-hybridized carbons (Fsp3) is 0.333. The molecule has 0 N–H and O–H groups in total. The van der Waals surface area contributed by atoms with Crippen LogP contribution < -0.4 is 0 Å². The molecule has 0 aliphatic heterocycles. The largest absolute Gasteiger partial charge is 0.303 e. The summed E-state index contributed by atoms with van der Waals surface area (Å²) in [5, 5.41) is 0. The maximum absolute atomic E-state index is 14.0. The molecule has 0 fully saturated rings. The van der Waals surface area contributed by atoms with E-state index < -0.39 is 21.5 Å². The Morgan fingerprint density at radius 3 is 2.84 bits per heavy atom. The monoisotopic (exact) mass is 345 g/mol. The second-order valence-corrected chi connectivity index (χ2v) is 7.75. The zero-order chi connectivity index (χ0) is 14.2. The Kier molecular flexibility index (Phi) is 3.87. The van der Waals surface area contributed by atoms with E-state index >= 15 is 0 Å². The van der Waals surface area contributed by atoms with Crippen molar-refractivity contribution in [3.05, 3.63) is 34.6 Å². The summed E-state index contributed by atoms with van der Waals surface area (Å²) >= 11 is 3.13. The number of hydrogen-bond donors (Lipinski definition) is 0. The lowest BCUT2D eigenvalue weighted by molar-refractivity contribution is 0.626. The minimum atomic E-state index is -1.39. The molecule has 0 bridgehead atoms. The first-order valence-corrected chi connectivity index (χ1v) is 7.47. The van der Waals surface area contributed by atoms with E-state index in [1.165, 1.54) is 12.5 Å². The zero-order valence-corrected chi connectivity index (χ0v) is 13.1. The van der Waals surface area contributed by atoms with Crippen LogP contribution in [0.15, 0.2) is 27.5 Å². The smallest absolute Gasteiger partial charge is 0.163 e. The van der Waals surface area contributed by atoms with E-state index in [4.69, 9.17) is 0 Å². The van der Waals surface area contributed by atoms with Gasteiger partial charge in [-0.05, 0) is 42.8 Å². The number of hydrogen-bond acceptors (Lipinski definition) is 2. The van der Waals surface area contributed by atoms with E-state index in [0.29, 0.717) is 15.7 Å². The highest BCUT2D eigenvalue weighted by atomic mass is 79.9. The van der Waals surface area contributed by atoms with Gasteiger partial charge in [-0.25, -0.2) is 13.6 Å². The Labute approximate surface area is 121 Å². The molecule has 19 heavy (non-hydrogen) atoms. The maximum atomic E-state index is 14.0. The van der Waals surface area contributed by atoms with Crippen molar-refractivity contribution < 1.29 is 8.60 Å². The van der Waals surface area contributed by atoms with Crippen molar-refractivity contribution in [3.8, 4) is 0 Å². The summed E-state index contributed by atoms with van der Waals surface area (Å²) in [6.45, 7) is 5.47. The SMILES string of the molecule is CC(C)(C)S(=O)N=Cc1ncn2ccc(Br)c(F)c12. The van der Waals surface area contributed by atoms with Crippen molar-refractivity contribution in [3.63, 3.8) is 0 Å². The summed E-state index contributed by atoms with van der Waals surface area (Å²) in [7, 11) is -1.39. The van der Waals surface area contributed by atoms with Crippen molar-refractivity contribution in [1.29, 1.82) is 0 Å². The minimum absolute atomic E-state index is 0.309. The first-order chi connectivity index (χ1) is 8.80. The third kappa shape index (κ3) is 2.92. The van der Waals surface area contributed by atoms with Crippen LogP contribution in [0.5, 0.6) is 0 Å². The van der Waals surface area contributed by atoms with Gasteiger partial charge in [0.05, 0.1) is 15.4 Å². The average molecular weight is 346 g/mol. The van der Waals surface area contributed by atoms with Gasteiger partial charge < -0.3 is 4.40 Å². The molecule has 102 valence electrons. The number of imidazole rings is 1. The van der Waals surface area contributed by atoms with Gasteiger partial charge >= 0.3 is 0 Å². The third-order valence-corrected chi connectivity index (χ3v) is 4.37. The molecule has 1 atom stereocenters. The Balaban J connectivity index is 2.45. The van der Waals surface area contributed by atoms with Crippen LogP contribution in [0.2, 0.25) is 0 Å². The maximum Gasteiger partial charge on any atom is 0.163 e. The predicted octanol–water partition coefficient (Wildman–Crippen LogP) is 3.12. The van der Waals surface area contributed by atoms with Gasteiger partial charge in [-0.1, -0.05) is 0 Å². The highest BCUT2D eigenvalue weighted by molar-refractivity contribution is 9.10. The van der Waals surface area contributed by atoms with Gasteiger partial charge in [0.1, 0.15) is 28.5 Å². The third-order valence-electron chi connectivity index (χ3n) is 2.42. The second kappa shape index (κ2) is 5.13. The van der Waals surface area contributed by atoms with Crippen LogP contribution in [0, 0.1) is 5.82 Å². The molecule has 2 aromatic heterocycles. The highest BCUT2D eigenvalue weighted by Gasteiger charge is 2.19. The molecular weight excluding hydrogens is 333 g/mol. The first-order valence-electron chi connectivity index (χ1n) is 5.57. The highest BCUT2D eigenvalue weighted by Crippen LogP contribution is 2.21. The first kappa shape index (κ1) is 14.3. The van der Waals surface area contributed by atoms with E-state index in [0.717, 1.165) is 0 Å². The summed E-state index contributed by atoms with van der Waals surface area (Å²) in [6.07, 6.45) is 4.53. The molecular formula is C12H13BrFN3OS. The molecule has 2 rings (SSSR count). The van der Waals surface area contributed by atoms with Gasteiger partial charge in [0.15, 0.2) is 5.82 Å². The van der Waals surface area contributed by atoms with Crippen molar-refractivity contribution in [2.45, 2.75) is 25.5 Å². The van der Waals surface area contributed by atoms with Crippen LogP contribution in [0.3, 0.4) is 0 Å². The molecule has 7 heteroatoms. The number of rotatable bonds is 2. The Morgan fingerprint density at radius 2 is 2.21 bits per heavy atom. The molecule has 2 aromatic rings. The van der Waals surface area contributed by atoms with Crippen LogP contribution in [-0.4, -0.2) is 24.6 Å². The lowest BCUT2D eigenvalue weighted by Gasteiger charge is -2.12. The lowest BCUT2D eigenvalue weighted by Crippen LogP contribution is -2.19. The van der Waals surface area contributed by atoms with Crippen LogP contribution in [0.4, 0.5) is 4.39 Å². The van der Waals surface area contributed by atoms with Gasteiger partial charge in [-0.3, -0.25) is 0 Å². The fourth-order valence-corrected chi connectivity index (χ4v) is 2.21. The Bertz CT molecular complexity index is 675. The predicted molar refractivity (Wildman–Crippen MR) is 78.3 cm³/mol. The molecule has 4 nitrogen and oxygen atoms in total. The van der Waals surface area contributed by atoms with Crippen molar-refractivity contribution >= 4 is 38.6 Å². The number of halogens is 2. The quantitative estimate of drug-likeness (QED) is 0.785. The Hall–Kier alpha value is -1.08. The average Bonchev–Trinajstić information content (AvgIpc) is 2.73. The van der Waals surface area contributed by atoms with Crippen LogP contribution in [-0.2, 0) is 11.0 Å². The normalized spacial score (nSPS) is 14.4. The van der Waals surface area contributed by atoms with E-state index in [2.05, 4.69) is 25.3 Å². The summed E-state index contributed by atoms with van der Waals surface area (Å²) in [5.41, 5.74) is 0.667.